The van der Waals surface area contributed by atoms with Gasteiger partial charge in [-0.05, 0) is 122 Å². The molecule has 2 saturated heterocycles. The molecule has 4 aromatic heterocycles. The maximum absolute atomic E-state index is 12.9. The fraction of sp³-hybridized carbons (Fsp3) is 0.392. The average Bonchev–Trinajstić information content (AvgIpc) is 1.07. The molecule has 7 amide bonds. The van der Waals surface area contributed by atoms with E-state index >= 15 is 0 Å². The van der Waals surface area contributed by atoms with Crippen LogP contribution >= 0.6 is 0 Å². The summed E-state index contributed by atoms with van der Waals surface area (Å²) in [4.78, 5) is 178. The van der Waals surface area contributed by atoms with Crippen molar-refractivity contribution in [2.45, 2.75) is 113 Å². The van der Waals surface area contributed by atoms with E-state index in [9.17, 15) is 52.7 Å². The number of aryl methyl sites for hydroxylation is 7. The maximum atomic E-state index is 12.9. The van der Waals surface area contributed by atoms with Crippen LogP contribution in [0.2, 0.25) is 0 Å². The Morgan fingerprint density at radius 2 is 0.936 bits per heavy atom. The third-order valence-corrected chi connectivity index (χ3v) is 19.7. The number of benzene rings is 4. The number of aromatic amines is 3. The van der Waals surface area contributed by atoms with Gasteiger partial charge in [-0.3, -0.25) is 57.7 Å². The lowest BCUT2D eigenvalue weighted by Crippen LogP contribution is -2.46. The number of carbonyl (C=O) groups excluding carboxylic acids is 8. The minimum absolute atomic E-state index is 0.00406. The smallest absolute Gasteiger partial charge is 0.255 e. The topological polar surface area (TPSA) is 374 Å². The Morgan fingerprint density at radius 1 is 0.455 bits per heavy atom. The summed E-state index contributed by atoms with van der Waals surface area (Å²) in [7, 11) is 3.27. The number of nitrogens with zero attached hydrogens (tertiary/aromatic N) is 12. The van der Waals surface area contributed by atoms with Gasteiger partial charge in [0.1, 0.15) is 31.3 Å². The summed E-state index contributed by atoms with van der Waals surface area (Å²) in [6, 6.07) is 27.8. The number of aromatic nitrogens is 8. The number of Topliss-reactive ketones (excluding diaryl/α,β-unsaturated/α-hetero) is 1. The molecule has 5 N–H and O–H groups in total. The first-order valence-electron chi connectivity index (χ1n) is 36.5. The lowest BCUT2D eigenvalue weighted by atomic mass is 9.98. The van der Waals surface area contributed by atoms with Gasteiger partial charge in [0, 0.05) is 128 Å². The molecule has 576 valence electrons. The van der Waals surface area contributed by atoms with Crippen LogP contribution in [0.1, 0.15) is 99.1 Å². The quantitative estimate of drug-likeness (QED) is 0.0846. The predicted molar refractivity (Wildman–Crippen MR) is 413 cm³/mol. The molecule has 6 aliphatic rings. The van der Waals surface area contributed by atoms with Crippen molar-refractivity contribution in [1.29, 1.82) is 0 Å². The van der Waals surface area contributed by atoms with Crippen LogP contribution in [-0.2, 0) is 86.5 Å². The summed E-state index contributed by atoms with van der Waals surface area (Å²) in [5.74, 6) is 1.57. The second kappa shape index (κ2) is 35.7. The number of para-hydroxylation sites is 5. The van der Waals surface area contributed by atoms with Gasteiger partial charge in [0.15, 0.2) is 5.78 Å². The van der Waals surface area contributed by atoms with E-state index in [-0.39, 0.29) is 122 Å². The van der Waals surface area contributed by atoms with Gasteiger partial charge in [-0.1, -0.05) is 60.2 Å². The third-order valence-electron chi connectivity index (χ3n) is 19.7. The first kappa shape index (κ1) is 78.9. The van der Waals surface area contributed by atoms with E-state index in [1.54, 1.807) is 59.7 Å². The van der Waals surface area contributed by atoms with Crippen molar-refractivity contribution in [2.24, 2.45) is 0 Å². The number of nitrogens with one attached hydrogen (secondary N) is 5. The van der Waals surface area contributed by atoms with Gasteiger partial charge in [0.25, 0.3) is 16.7 Å². The van der Waals surface area contributed by atoms with E-state index in [0.29, 0.717) is 158 Å². The molecule has 0 radical (unpaired) electrons. The van der Waals surface area contributed by atoms with Crippen LogP contribution in [0.3, 0.4) is 0 Å². The Labute approximate surface area is 634 Å². The number of amides is 7. The minimum atomic E-state index is -0.230. The van der Waals surface area contributed by atoms with E-state index in [2.05, 4.69) is 55.4 Å². The largest absolute Gasteiger partial charge is 0.481 e. The molecule has 0 atom stereocenters. The van der Waals surface area contributed by atoms with Gasteiger partial charge in [-0.25, -0.2) is 19.9 Å². The van der Waals surface area contributed by atoms with Crippen LogP contribution in [0.25, 0.3) is 0 Å². The van der Waals surface area contributed by atoms with Gasteiger partial charge < -0.3 is 69.1 Å². The average molecular weight is 1500 g/mol. The zero-order valence-electron chi connectivity index (χ0n) is 63.3. The zero-order valence-corrected chi connectivity index (χ0v) is 63.3. The highest BCUT2D eigenvalue weighted by Gasteiger charge is 2.33. The van der Waals surface area contributed by atoms with Crippen LogP contribution in [0, 0.1) is 48.5 Å². The van der Waals surface area contributed by atoms with Crippen LogP contribution in [0.5, 0.6) is 5.88 Å². The predicted octanol–water partition coefficient (Wildman–Crippen LogP) is 5.49. The standard InChI is InChI=1S/2C21H25N5O4.C19H21N3O3.C18H20N4O3/c1-14-15(20(29-2)24-21(22-14)25-9-11-30-12-10-25)7-8-19(28)26-13-18(27)23-16-5-3-4-6-17(16)26;1-14-15(20(29)23-21(22-14)25-9-11-30-12-10-25)7-8-18(27)26-13-19(28)24(2)16-5-3-4-6-17(16)26;1-11-4-6-17-14(8-11)9-15(23)10-22(17)18(24)7-5-16-12(2)20-13(3)21-19(16)25;1-11-14(18(25)20-12(2)19-11)7-8-17(24)22-9-13-5-3-4-6-15(13)21-16(23)10-22/h3-6H,7-13H2,1-2H3,(H,23,27);3-6H,7-13H2,1-2H3,(H,22,23,29);4,6,8H,5,7,9-10H2,1-3H3,(H,20,21,25);3-6H,7-10H2,1-2H3,(H,21,23)(H,19,20,25). The number of likely N-dealkylation sites (N-methyl/N-ethyl adjacent to an activating group) is 1. The van der Waals surface area contributed by atoms with E-state index in [1.807, 2.05) is 104 Å². The normalized spacial score (nSPS) is 15.2. The van der Waals surface area contributed by atoms with Crippen LogP contribution < -0.4 is 61.4 Å². The highest BCUT2D eigenvalue weighted by molar-refractivity contribution is 6.12. The van der Waals surface area contributed by atoms with E-state index < -0.39 is 0 Å². The number of anilines is 8. The van der Waals surface area contributed by atoms with Gasteiger partial charge in [0.2, 0.25) is 59.1 Å². The van der Waals surface area contributed by atoms with Crippen molar-refractivity contribution in [3.8, 4) is 5.88 Å². The van der Waals surface area contributed by atoms with E-state index in [0.717, 1.165) is 52.4 Å². The number of hydrogen-bond donors (Lipinski definition) is 5. The summed E-state index contributed by atoms with van der Waals surface area (Å²) in [6.45, 7) is 18.4. The first-order valence-corrected chi connectivity index (χ1v) is 36.5. The third kappa shape index (κ3) is 19.2. The van der Waals surface area contributed by atoms with Gasteiger partial charge >= 0.3 is 0 Å². The van der Waals surface area contributed by atoms with Crippen molar-refractivity contribution >= 4 is 93.2 Å². The molecule has 0 spiro atoms. The Balaban J connectivity index is 0.000000146. The van der Waals surface area contributed by atoms with E-state index in [1.165, 1.54) is 19.6 Å². The van der Waals surface area contributed by atoms with Crippen molar-refractivity contribution < 1.29 is 52.6 Å². The number of ketones is 1. The van der Waals surface area contributed by atoms with Gasteiger partial charge in [-0.15, -0.1) is 0 Å². The monoisotopic (exact) mass is 1500 g/mol. The lowest BCUT2D eigenvalue weighted by Gasteiger charge is -2.34. The Hall–Kier alpha value is -12.1. The number of ether oxygens (including phenoxy) is 3. The fourth-order valence-corrected chi connectivity index (χ4v) is 13.9. The molecule has 0 bridgehead atoms. The first-order chi connectivity index (χ1) is 52.8. The molecule has 31 nitrogen and oxygen atoms in total. The molecule has 31 heteroatoms. The number of rotatable bonds is 15. The van der Waals surface area contributed by atoms with Crippen LogP contribution in [0.15, 0.2) is 105 Å². The molecule has 14 rings (SSSR count). The van der Waals surface area contributed by atoms with Crippen molar-refractivity contribution in [3.05, 3.63) is 195 Å². The van der Waals surface area contributed by atoms with E-state index in [4.69, 9.17) is 14.2 Å². The number of carbonyl (C=O) groups is 8. The fourth-order valence-electron chi connectivity index (χ4n) is 13.9. The molecule has 0 aliphatic carbocycles. The summed E-state index contributed by atoms with van der Waals surface area (Å²) in [5.41, 5.74) is 11.5. The lowest BCUT2D eigenvalue weighted by molar-refractivity contribution is -0.135. The summed E-state index contributed by atoms with van der Waals surface area (Å²) >= 11 is 0. The molecule has 110 heavy (non-hydrogen) atoms. The second-order valence-corrected chi connectivity index (χ2v) is 27.4. The zero-order chi connectivity index (χ0) is 78.4. The molecular weight excluding hydrogens is 1410 g/mol. The molecule has 2 fully saturated rings. The molecule has 10 heterocycles. The molecule has 0 saturated carbocycles. The highest BCUT2D eigenvalue weighted by Crippen LogP contribution is 2.35. The number of methoxy groups -OCH3 is 1. The molecule has 0 unspecified atom stereocenters. The van der Waals surface area contributed by atoms with Crippen molar-refractivity contribution in [3.63, 3.8) is 0 Å². The van der Waals surface area contributed by atoms with Crippen molar-refractivity contribution in [2.75, 3.05) is 133 Å². The minimum Gasteiger partial charge on any atom is -0.481 e. The summed E-state index contributed by atoms with van der Waals surface area (Å²) < 4.78 is 16.2. The number of morpholine rings is 2. The summed E-state index contributed by atoms with van der Waals surface area (Å²) in [5, 5.41) is 5.60. The Morgan fingerprint density at radius 3 is 1.53 bits per heavy atom. The van der Waals surface area contributed by atoms with Crippen LogP contribution in [0.4, 0.5) is 46.0 Å². The summed E-state index contributed by atoms with van der Waals surface area (Å²) in [6.07, 6.45) is 2.32. The maximum Gasteiger partial charge on any atom is 0.255 e. The molecule has 6 aliphatic heterocycles. The Bertz CT molecular complexity index is 5020. The van der Waals surface area contributed by atoms with Gasteiger partial charge in [0.05, 0.1) is 62.8 Å². The number of H-pyrrole nitrogens is 3. The van der Waals surface area contributed by atoms with Crippen molar-refractivity contribution in [1.82, 2.24) is 44.8 Å². The number of fused-ring (bicyclic) bond motifs is 4. The second-order valence-electron chi connectivity index (χ2n) is 27.4. The highest BCUT2D eigenvalue weighted by atomic mass is 16.5. The van der Waals surface area contributed by atoms with Crippen LogP contribution in [-0.4, -0.2) is 185 Å². The molecule has 4 aromatic carbocycles. The molecule has 8 aromatic rings. The molecular formula is C79H91N17O14. The van der Waals surface area contributed by atoms with Gasteiger partial charge in [-0.2, -0.15) is 4.98 Å². The SMILES string of the molecule is COc1nc(N2CCOCC2)nc(C)c1CCC(=O)N1CC(=O)Nc2ccccc21.Cc1ccc2c(c1)CC(=O)CN2C(=O)CCc1c(C)nc(C)[nH]c1=O.Cc1nc(C)c(CCC(=O)N2CC(=O)Nc3ccccc3C2)c(=O)[nH]1.Cc1nc(N2CCOCC2)[nH]c(=O)c1CCC(=O)N1CC(=O)N(C)c2ccccc21. The Kier molecular flexibility index (Phi) is 25.6. The number of hydrogen-bond acceptors (Lipinski definition) is 21.